The zero-order valence-corrected chi connectivity index (χ0v) is 15.0. The summed E-state index contributed by atoms with van der Waals surface area (Å²) in [5.41, 5.74) is 0.350. The van der Waals surface area contributed by atoms with Crippen molar-refractivity contribution in [1.29, 1.82) is 0 Å². The molecular formula is C18H36N4. The summed E-state index contributed by atoms with van der Waals surface area (Å²) < 4.78 is 0. The minimum absolute atomic E-state index is 0.350. The van der Waals surface area contributed by atoms with Gasteiger partial charge < -0.3 is 10.2 Å². The van der Waals surface area contributed by atoms with Crippen LogP contribution in [-0.4, -0.2) is 85.2 Å². The summed E-state index contributed by atoms with van der Waals surface area (Å²) in [7, 11) is 0. The van der Waals surface area contributed by atoms with Gasteiger partial charge in [0.15, 0.2) is 0 Å². The van der Waals surface area contributed by atoms with Crippen LogP contribution < -0.4 is 5.32 Å². The number of likely N-dealkylation sites (tertiary alicyclic amines) is 1. The number of hydrogen-bond donors (Lipinski definition) is 1. The molecule has 3 fully saturated rings. The van der Waals surface area contributed by atoms with Crippen LogP contribution in [0, 0.1) is 5.92 Å². The molecule has 0 radical (unpaired) electrons. The zero-order valence-electron chi connectivity index (χ0n) is 15.0. The molecule has 0 amide bonds. The van der Waals surface area contributed by atoms with Crippen LogP contribution in [-0.2, 0) is 0 Å². The predicted molar refractivity (Wildman–Crippen MR) is 93.3 cm³/mol. The first kappa shape index (κ1) is 16.7. The Morgan fingerprint density at radius 3 is 2.18 bits per heavy atom. The molecule has 3 heterocycles. The molecule has 1 unspecified atom stereocenters. The molecule has 4 heteroatoms. The van der Waals surface area contributed by atoms with Gasteiger partial charge >= 0.3 is 0 Å². The quantitative estimate of drug-likeness (QED) is 0.852. The Balaban J connectivity index is 1.39. The highest BCUT2D eigenvalue weighted by atomic mass is 15.3. The van der Waals surface area contributed by atoms with E-state index in [4.69, 9.17) is 0 Å². The average molecular weight is 309 g/mol. The molecular weight excluding hydrogens is 272 g/mol. The van der Waals surface area contributed by atoms with Gasteiger partial charge in [-0.3, -0.25) is 9.80 Å². The van der Waals surface area contributed by atoms with Crippen molar-refractivity contribution < 1.29 is 0 Å². The van der Waals surface area contributed by atoms with E-state index in [9.17, 15) is 0 Å². The van der Waals surface area contributed by atoms with Crippen LogP contribution in [0.4, 0.5) is 0 Å². The van der Waals surface area contributed by atoms with E-state index in [2.05, 4.69) is 40.8 Å². The SMILES string of the molecule is CC(C)(C)N1CCC(CN2CCN(C3CCNCC3)CC2)C1. The first-order valence-electron chi connectivity index (χ1n) is 9.44. The maximum atomic E-state index is 3.49. The minimum Gasteiger partial charge on any atom is -0.317 e. The highest BCUT2D eigenvalue weighted by Gasteiger charge is 2.32. The second-order valence-electron chi connectivity index (χ2n) is 8.59. The summed E-state index contributed by atoms with van der Waals surface area (Å²) in [5, 5.41) is 3.49. The van der Waals surface area contributed by atoms with Crippen LogP contribution in [0.5, 0.6) is 0 Å². The summed E-state index contributed by atoms with van der Waals surface area (Å²) in [4.78, 5) is 8.16. The minimum atomic E-state index is 0.350. The zero-order chi connectivity index (χ0) is 15.6. The van der Waals surface area contributed by atoms with E-state index in [-0.39, 0.29) is 0 Å². The van der Waals surface area contributed by atoms with Gasteiger partial charge in [-0.05, 0) is 65.6 Å². The van der Waals surface area contributed by atoms with Gasteiger partial charge in [0.05, 0.1) is 0 Å². The Hall–Kier alpha value is -0.160. The number of nitrogens with one attached hydrogen (secondary N) is 1. The number of piperidine rings is 1. The van der Waals surface area contributed by atoms with Gasteiger partial charge in [-0.15, -0.1) is 0 Å². The lowest BCUT2D eigenvalue weighted by atomic mass is 10.0. The largest absolute Gasteiger partial charge is 0.317 e. The number of nitrogens with zero attached hydrogens (tertiary/aromatic N) is 3. The van der Waals surface area contributed by atoms with E-state index in [1.54, 1.807) is 0 Å². The monoisotopic (exact) mass is 308 g/mol. The van der Waals surface area contributed by atoms with E-state index in [1.165, 1.54) is 78.2 Å². The van der Waals surface area contributed by atoms with Gasteiger partial charge in [0.1, 0.15) is 0 Å². The highest BCUT2D eigenvalue weighted by Crippen LogP contribution is 2.25. The fourth-order valence-corrected chi connectivity index (χ4v) is 4.44. The summed E-state index contributed by atoms with van der Waals surface area (Å²) in [6.07, 6.45) is 4.10. The lowest BCUT2D eigenvalue weighted by molar-refractivity contribution is 0.0724. The lowest BCUT2D eigenvalue weighted by Gasteiger charge is -2.41. The third kappa shape index (κ3) is 4.22. The first-order valence-corrected chi connectivity index (χ1v) is 9.44. The molecule has 0 spiro atoms. The molecule has 1 atom stereocenters. The van der Waals surface area contributed by atoms with Gasteiger partial charge in [-0.1, -0.05) is 0 Å². The van der Waals surface area contributed by atoms with Gasteiger partial charge in [0, 0.05) is 50.8 Å². The molecule has 4 nitrogen and oxygen atoms in total. The smallest absolute Gasteiger partial charge is 0.0125 e. The van der Waals surface area contributed by atoms with E-state index in [1.807, 2.05) is 0 Å². The Labute approximate surface area is 137 Å². The Morgan fingerprint density at radius 1 is 0.909 bits per heavy atom. The number of piperazine rings is 1. The van der Waals surface area contributed by atoms with Crippen molar-refractivity contribution >= 4 is 0 Å². The van der Waals surface area contributed by atoms with Crippen molar-refractivity contribution in [2.75, 3.05) is 58.9 Å². The molecule has 0 aromatic heterocycles. The van der Waals surface area contributed by atoms with Crippen LogP contribution in [0.1, 0.15) is 40.0 Å². The van der Waals surface area contributed by atoms with Crippen LogP contribution in [0.3, 0.4) is 0 Å². The van der Waals surface area contributed by atoms with E-state index >= 15 is 0 Å². The molecule has 128 valence electrons. The first-order chi connectivity index (χ1) is 10.5. The molecule has 3 aliphatic heterocycles. The summed E-state index contributed by atoms with van der Waals surface area (Å²) >= 11 is 0. The molecule has 0 saturated carbocycles. The fourth-order valence-electron chi connectivity index (χ4n) is 4.44. The molecule has 22 heavy (non-hydrogen) atoms. The molecule has 3 rings (SSSR count). The molecule has 3 saturated heterocycles. The van der Waals surface area contributed by atoms with Crippen LogP contribution in [0.2, 0.25) is 0 Å². The van der Waals surface area contributed by atoms with Crippen LogP contribution in [0.25, 0.3) is 0 Å². The number of hydrogen-bond acceptors (Lipinski definition) is 4. The molecule has 0 aromatic rings. The highest BCUT2D eigenvalue weighted by molar-refractivity contribution is 4.88. The van der Waals surface area contributed by atoms with Crippen molar-refractivity contribution in [3.8, 4) is 0 Å². The lowest BCUT2D eigenvalue weighted by Crippen LogP contribution is -2.53. The summed E-state index contributed by atoms with van der Waals surface area (Å²) in [6.45, 7) is 18.6. The molecule has 1 N–H and O–H groups in total. The Bertz CT molecular complexity index is 337. The summed E-state index contributed by atoms with van der Waals surface area (Å²) in [5.74, 6) is 0.893. The van der Waals surface area contributed by atoms with E-state index in [0.717, 1.165) is 12.0 Å². The normalized spacial score (nSPS) is 31.0. The second-order valence-corrected chi connectivity index (χ2v) is 8.59. The van der Waals surface area contributed by atoms with E-state index in [0.29, 0.717) is 5.54 Å². The number of rotatable bonds is 3. The van der Waals surface area contributed by atoms with Gasteiger partial charge in [-0.2, -0.15) is 0 Å². The van der Waals surface area contributed by atoms with Crippen molar-refractivity contribution in [2.24, 2.45) is 5.92 Å². The predicted octanol–water partition coefficient (Wildman–Crippen LogP) is 1.48. The molecule has 3 aliphatic rings. The van der Waals surface area contributed by atoms with E-state index < -0.39 is 0 Å². The summed E-state index contributed by atoms with van der Waals surface area (Å²) in [6, 6.07) is 0.853. The van der Waals surface area contributed by atoms with Crippen LogP contribution in [0.15, 0.2) is 0 Å². The van der Waals surface area contributed by atoms with Crippen molar-refractivity contribution in [3.63, 3.8) is 0 Å². The average Bonchev–Trinajstić information content (AvgIpc) is 2.98. The maximum absolute atomic E-state index is 3.49. The van der Waals surface area contributed by atoms with Crippen molar-refractivity contribution in [3.05, 3.63) is 0 Å². The maximum Gasteiger partial charge on any atom is 0.0125 e. The molecule has 0 aromatic carbocycles. The van der Waals surface area contributed by atoms with Gasteiger partial charge in [0.25, 0.3) is 0 Å². The topological polar surface area (TPSA) is 21.8 Å². The third-order valence-corrected chi connectivity index (χ3v) is 5.98. The second kappa shape index (κ2) is 7.16. The Morgan fingerprint density at radius 2 is 1.59 bits per heavy atom. The van der Waals surface area contributed by atoms with Gasteiger partial charge in [-0.25, -0.2) is 0 Å². The van der Waals surface area contributed by atoms with Crippen molar-refractivity contribution in [2.45, 2.75) is 51.6 Å². The van der Waals surface area contributed by atoms with Gasteiger partial charge in [0.2, 0.25) is 0 Å². The third-order valence-electron chi connectivity index (χ3n) is 5.98. The Kier molecular flexibility index (Phi) is 5.43. The molecule has 0 bridgehead atoms. The fraction of sp³-hybridized carbons (Fsp3) is 1.00. The van der Waals surface area contributed by atoms with Crippen molar-refractivity contribution in [1.82, 2.24) is 20.0 Å². The standard InChI is InChI=1S/C18H36N4/c1-18(2,3)22-9-6-16(15-22)14-20-10-12-21(13-11-20)17-4-7-19-8-5-17/h16-17,19H,4-15H2,1-3H3. The molecule has 0 aliphatic carbocycles. The van der Waals surface area contributed by atoms with Crippen LogP contribution >= 0.6 is 0 Å².